The number of non-ortho nitro benzene ring substituents is 1. The molecule has 0 spiro atoms. The second kappa shape index (κ2) is 8.61. The van der Waals surface area contributed by atoms with Crippen LogP contribution >= 0.6 is 0 Å². The Morgan fingerprint density at radius 2 is 1.81 bits per heavy atom. The van der Waals surface area contributed by atoms with E-state index in [9.17, 15) is 25.3 Å². The lowest BCUT2D eigenvalue weighted by Crippen LogP contribution is -2.21. The van der Waals surface area contributed by atoms with Crippen LogP contribution in [0.2, 0.25) is 0 Å². The van der Waals surface area contributed by atoms with Crippen LogP contribution in [-0.4, -0.2) is 34.3 Å². The zero-order chi connectivity index (χ0) is 20.0. The van der Waals surface area contributed by atoms with Crippen LogP contribution < -0.4 is 10.3 Å². The van der Waals surface area contributed by atoms with Gasteiger partial charge in [0.25, 0.3) is 5.69 Å². The van der Waals surface area contributed by atoms with Crippen molar-refractivity contribution in [1.82, 2.24) is 0 Å². The molecule has 0 atom stereocenters. The number of aromatic hydroxyl groups is 1. The van der Waals surface area contributed by atoms with Gasteiger partial charge in [-0.15, -0.1) is 0 Å². The topological polar surface area (TPSA) is 134 Å². The van der Waals surface area contributed by atoms with Crippen LogP contribution in [0.1, 0.15) is 19.4 Å². The molecule has 0 aliphatic heterocycles. The summed E-state index contributed by atoms with van der Waals surface area (Å²) in [7, 11) is 0. The van der Waals surface area contributed by atoms with E-state index in [0.717, 1.165) is 30.9 Å². The molecule has 142 valence electrons. The van der Waals surface area contributed by atoms with Gasteiger partial charge in [0.1, 0.15) is 11.4 Å². The largest absolute Gasteiger partial charge is 0.507 e. The Hall–Kier alpha value is -3.69. The fourth-order valence-electron chi connectivity index (χ4n) is 2.48. The molecule has 2 N–H and O–H groups in total. The fourth-order valence-corrected chi connectivity index (χ4v) is 2.48. The third kappa shape index (κ3) is 4.69. The molecule has 0 bridgehead atoms. The van der Waals surface area contributed by atoms with E-state index in [0.29, 0.717) is 5.56 Å². The summed E-state index contributed by atoms with van der Waals surface area (Å²) in [5, 5.41) is 35.9. The molecule has 0 unspecified atom stereocenters. The van der Waals surface area contributed by atoms with E-state index in [-0.39, 0.29) is 17.1 Å². The van der Waals surface area contributed by atoms with Crippen molar-refractivity contribution in [2.75, 3.05) is 23.4 Å². The predicted octanol–water partition coefficient (Wildman–Crippen LogP) is 3.50. The molecule has 2 aromatic carbocycles. The van der Waals surface area contributed by atoms with Gasteiger partial charge in [0.2, 0.25) is 0 Å². The zero-order valence-electron chi connectivity index (χ0n) is 14.8. The highest BCUT2D eigenvalue weighted by Gasteiger charge is 2.19. The third-order valence-corrected chi connectivity index (χ3v) is 3.92. The van der Waals surface area contributed by atoms with Crippen molar-refractivity contribution < 1.29 is 15.0 Å². The summed E-state index contributed by atoms with van der Waals surface area (Å²) < 4.78 is 0. The number of hydrazone groups is 1. The van der Waals surface area contributed by atoms with Gasteiger partial charge >= 0.3 is 5.69 Å². The molecule has 0 aliphatic rings. The van der Waals surface area contributed by atoms with Crippen LogP contribution in [0.5, 0.6) is 5.75 Å². The standard InChI is InChI=1S/C17H19N5O5/c1-3-20(4-2)13-6-5-12(17(23)10-13)11-18-19-15-8-7-14(21(24)25)9-16(15)22(26)27/h5-11,19,23H,3-4H2,1-2H3. The Balaban J connectivity index is 2.20. The van der Waals surface area contributed by atoms with Crippen molar-refractivity contribution in [3.63, 3.8) is 0 Å². The van der Waals surface area contributed by atoms with Crippen LogP contribution in [0.3, 0.4) is 0 Å². The summed E-state index contributed by atoms with van der Waals surface area (Å²) in [4.78, 5) is 22.5. The maximum Gasteiger partial charge on any atom is 0.301 e. The number of phenols is 1. The lowest BCUT2D eigenvalue weighted by Gasteiger charge is -2.21. The first-order valence-corrected chi connectivity index (χ1v) is 8.17. The SMILES string of the molecule is CCN(CC)c1ccc(C=NNc2ccc([N+](=O)[O-])cc2[N+](=O)[O-])c(O)c1. The Morgan fingerprint density at radius 1 is 1.11 bits per heavy atom. The van der Waals surface area contributed by atoms with Crippen molar-refractivity contribution in [2.24, 2.45) is 5.10 Å². The van der Waals surface area contributed by atoms with Crippen molar-refractivity contribution in [3.8, 4) is 5.75 Å². The molecule has 0 aromatic heterocycles. The lowest BCUT2D eigenvalue weighted by atomic mass is 10.2. The van der Waals surface area contributed by atoms with Crippen LogP contribution in [0.4, 0.5) is 22.7 Å². The predicted molar refractivity (Wildman–Crippen MR) is 103 cm³/mol. The molecule has 0 saturated carbocycles. The van der Waals surface area contributed by atoms with E-state index in [4.69, 9.17) is 0 Å². The van der Waals surface area contributed by atoms with Gasteiger partial charge < -0.3 is 10.0 Å². The van der Waals surface area contributed by atoms with Crippen molar-refractivity contribution in [2.45, 2.75) is 13.8 Å². The molecule has 10 heteroatoms. The molecule has 0 amide bonds. The van der Waals surface area contributed by atoms with Crippen LogP contribution in [0.15, 0.2) is 41.5 Å². The van der Waals surface area contributed by atoms with E-state index in [1.807, 2.05) is 19.9 Å². The normalized spacial score (nSPS) is 10.7. The highest BCUT2D eigenvalue weighted by molar-refractivity contribution is 5.85. The van der Waals surface area contributed by atoms with Gasteiger partial charge in [0, 0.05) is 36.5 Å². The molecule has 27 heavy (non-hydrogen) atoms. The van der Waals surface area contributed by atoms with E-state index in [2.05, 4.69) is 15.4 Å². The second-order valence-electron chi connectivity index (χ2n) is 5.50. The molecule has 10 nitrogen and oxygen atoms in total. The van der Waals surface area contributed by atoms with Gasteiger partial charge in [-0.1, -0.05) is 0 Å². The second-order valence-corrected chi connectivity index (χ2v) is 5.50. The number of nitrogens with one attached hydrogen (secondary N) is 1. The maximum atomic E-state index is 11.1. The maximum absolute atomic E-state index is 11.1. The molecule has 0 fully saturated rings. The van der Waals surface area contributed by atoms with Gasteiger partial charge in [-0.25, -0.2) is 0 Å². The lowest BCUT2D eigenvalue weighted by molar-refractivity contribution is -0.393. The van der Waals surface area contributed by atoms with Crippen molar-refractivity contribution >= 4 is 29.0 Å². The molecule has 0 aliphatic carbocycles. The number of rotatable bonds is 8. The molecule has 2 aromatic rings. The van der Waals surface area contributed by atoms with Gasteiger partial charge in [-0.2, -0.15) is 5.10 Å². The number of anilines is 2. The first kappa shape index (κ1) is 19.6. The molecule has 2 rings (SSSR count). The Labute approximate surface area is 155 Å². The Morgan fingerprint density at radius 3 is 2.37 bits per heavy atom. The van der Waals surface area contributed by atoms with E-state index in [1.54, 1.807) is 12.1 Å². The minimum atomic E-state index is -0.735. The monoisotopic (exact) mass is 373 g/mol. The molecular formula is C17H19N5O5. The minimum absolute atomic E-state index is 0.00102. The molecule has 0 heterocycles. The van der Waals surface area contributed by atoms with Gasteiger partial charge in [0.05, 0.1) is 22.1 Å². The number of nitrogens with zero attached hydrogens (tertiary/aromatic N) is 4. The number of nitro groups is 2. The Kier molecular flexibility index (Phi) is 6.26. The minimum Gasteiger partial charge on any atom is -0.507 e. The van der Waals surface area contributed by atoms with Gasteiger partial charge in [0.15, 0.2) is 0 Å². The highest BCUT2D eigenvalue weighted by Crippen LogP contribution is 2.29. The molecule has 0 saturated heterocycles. The van der Waals surface area contributed by atoms with E-state index < -0.39 is 15.5 Å². The third-order valence-electron chi connectivity index (χ3n) is 3.92. The fraction of sp³-hybridized carbons (Fsp3) is 0.235. The summed E-state index contributed by atoms with van der Waals surface area (Å²) in [6, 6.07) is 8.33. The van der Waals surface area contributed by atoms with Gasteiger partial charge in [-0.05, 0) is 32.0 Å². The Bertz CT molecular complexity index is 880. The smallest absolute Gasteiger partial charge is 0.301 e. The highest BCUT2D eigenvalue weighted by atomic mass is 16.6. The average Bonchev–Trinajstić information content (AvgIpc) is 2.64. The van der Waals surface area contributed by atoms with Crippen LogP contribution in [0, 0.1) is 20.2 Å². The van der Waals surface area contributed by atoms with Crippen LogP contribution in [-0.2, 0) is 0 Å². The van der Waals surface area contributed by atoms with Gasteiger partial charge in [-0.3, -0.25) is 25.7 Å². The number of hydrogen-bond acceptors (Lipinski definition) is 8. The molecule has 0 radical (unpaired) electrons. The first-order valence-electron chi connectivity index (χ1n) is 8.17. The first-order chi connectivity index (χ1) is 12.9. The summed E-state index contributed by atoms with van der Waals surface area (Å²) in [6.45, 7) is 5.62. The summed E-state index contributed by atoms with van der Waals surface area (Å²) >= 11 is 0. The van der Waals surface area contributed by atoms with Crippen molar-refractivity contribution in [1.29, 1.82) is 0 Å². The summed E-state index contributed by atoms with van der Waals surface area (Å²) in [5.41, 5.74) is 2.91. The quantitative estimate of drug-likeness (QED) is 0.411. The average molecular weight is 373 g/mol. The zero-order valence-corrected chi connectivity index (χ0v) is 14.8. The number of nitro benzene ring substituents is 2. The number of hydrogen-bond donors (Lipinski definition) is 2. The van der Waals surface area contributed by atoms with Crippen molar-refractivity contribution in [3.05, 3.63) is 62.2 Å². The van der Waals surface area contributed by atoms with E-state index in [1.165, 1.54) is 12.3 Å². The van der Waals surface area contributed by atoms with E-state index >= 15 is 0 Å². The number of phenolic OH excluding ortho intramolecular Hbond substituents is 1. The van der Waals surface area contributed by atoms with Crippen LogP contribution in [0.25, 0.3) is 0 Å². The summed E-state index contributed by atoms with van der Waals surface area (Å²) in [5.74, 6) is 0.0168. The summed E-state index contributed by atoms with van der Waals surface area (Å²) in [6.07, 6.45) is 1.31. The number of benzene rings is 2. The molecular weight excluding hydrogens is 354 g/mol.